The fourth-order valence-electron chi connectivity index (χ4n) is 4.07. The van der Waals surface area contributed by atoms with Crippen LogP contribution in [0.1, 0.15) is 40.5 Å². The Balaban J connectivity index is 1.40. The third-order valence-electron chi connectivity index (χ3n) is 5.64. The minimum absolute atomic E-state index is 0.128. The minimum Gasteiger partial charge on any atom is -0.491 e. The summed E-state index contributed by atoms with van der Waals surface area (Å²) >= 11 is 0. The molecular formula is C24H28N2O3. The number of hydrogen-bond acceptors (Lipinski definition) is 3. The highest BCUT2D eigenvalue weighted by molar-refractivity contribution is 6.06. The van der Waals surface area contributed by atoms with E-state index in [0.29, 0.717) is 17.2 Å². The molecule has 0 spiro atoms. The lowest BCUT2D eigenvalue weighted by Crippen LogP contribution is -2.35. The number of aryl methyl sites for hydroxylation is 2. The van der Waals surface area contributed by atoms with Crippen molar-refractivity contribution in [1.29, 1.82) is 0 Å². The summed E-state index contributed by atoms with van der Waals surface area (Å²) in [7, 11) is 0. The average molecular weight is 392 g/mol. The molecule has 0 radical (unpaired) electrons. The summed E-state index contributed by atoms with van der Waals surface area (Å²) in [4.78, 5) is 16.3. The molecule has 1 heterocycles. The van der Waals surface area contributed by atoms with Gasteiger partial charge in [-0.05, 0) is 61.4 Å². The molecule has 2 aromatic carbocycles. The lowest BCUT2D eigenvalue weighted by molar-refractivity contribution is 0.0845. The smallest absolute Gasteiger partial charge is 0.253 e. The number of carbonyl (C=O) groups is 1. The molecule has 3 N–H and O–H groups in total. The number of aliphatic hydroxyl groups excluding tert-OH is 1. The van der Waals surface area contributed by atoms with Gasteiger partial charge < -0.3 is 20.1 Å². The number of amides is 1. The van der Waals surface area contributed by atoms with Crippen molar-refractivity contribution in [3.05, 3.63) is 64.8 Å². The molecule has 1 aliphatic carbocycles. The maximum absolute atomic E-state index is 12.8. The van der Waals surface area contributed by atoms with E-state index in [0.717, 1.165) is 29.3 Å². The third kappa shape index (κ3) is 4.30. The number of ether oxygens (including phenoxy) is 1. The summed E-state index contributed by atoms with van der Waals surface area (Å²) in [6.45, 7) is 4.53. The Hall–Kier alpha value is -2.79. The molecule has 1 aliphatic rings. The SMILES string of the molecule is Cc1cccc(OCC(O)CNC(=O)c2cccc3c4c([nH]c23)CCC(C)C4)c1. The van der Waals surface area contributed by atoms with Crippen LogP contribution in [0.4, 0.5) is 0 Å². The number of benzene rings is 2. The number of aliphatic hydroxyl groups is 1. The molecule has 1 amide bonds. The molecular weight excluding hydrogens is 364 g/mol. The summed E-state index contributed by atoms with van der Waals surface area (Å²) < 4.78 is 5.61. The Bertz CT molecular complexity index is 1020. The zero-order valence-electron chi connectivity index (χ0n) is 17.0. The van der Waals surface area contributed by atoms with Crippen molar-refractivity contribution < 1.29 is 14.6 Å². The van der Waals surface area contributed by atoms with E-state index >= 15 is 0 Å². The Kier molecular flexibility index (Phi) is 5.58. The molecule has 29 heavy (non-hydrogen) atoms. The van der Waals surface area contributed by atoms with E-state index in [4.69, 9.17) is 4.74 Å². The van der Waals surface area contributed by atoms with Gasteiger partial charge in [-0.2, -0.15) is 0 Å². The molecule has 152 valence electrons. The number of hydrogen-bond donors (Lipinski definition) is 3. The van der Waals surface area contributed by atoms with Crippen molar-refractivity contribution in [1.82, 2.24) is 10.3 Å². The van der Waals surface area contributed by atoms with Crippen LogP contribution in [0.3, 0.4) is 0 Å². The van der Waals surface area contributed by atoms with Gasteiger partial charge in [0.15, 0.2) is 0 Å². The number of fused-ring (bicyclic) bond motifs is 3. The summed E-state index contributed by atoms with van der Waals surface area (Å²) in [6.07, 6.45) is 2.47. The Morgan fingerprint density at radius 2 is 2.14 bits per heavy atom. The molecule has 1 aromatic heterocycles. The van der Waals surface area contributed by atoms with Gasteiger partial charge in [-0.3, -0.25) is 4.79 Å². The second-order valence-electron chi connectivity index (χ2n) is 8.15. The summed E-state index contributed by atoms with van der Waals surface area (Å²) in [5.41, 5.74) is 5.22. The predicted octanol–water partition coefficient (Wildman–Crippen LogP) is 3.77. The van der Waals surface area contributed by atoms with Crippen LogP contribution in [0, 0.1) is 12.8 Å². The van der Waals surface area contributed by atoms with Crippen molar-refractivity contribution in [3.8, 4) is 5.75 Å². The third-order valence-corrected chi connectivity index (χ3v) is 5.64. The van der Waals surface area contributed by atoms with Crippen LogP contribution < -0.4 is 10.1 Å². The molecule has 0 aliphatic heterocycles. The Labute approximate surface area is 171 Å². The summed E-state index contributed by atoms with van der Waals surface area (Å²) in [5.74, 6) is 1.20. The molecule has 5 heteroatoms. The first-order valence-electron chi connectivity index (χ1n) is 10.3. The Morgan fingerprint density at radius 3 is 2.97 bits per heavy atom. The first kappa shape index (κ1) is 19.5. The lowest BCUT2D eigenvalue weighted by Gasteiger charge is -2.17. The van der Waals surface area contributed by atoms with Gasteiger partial charge in [-0.1, -0.05) is 31.2 Å². The molecule has 4 rings (SSSR count). The fraction of sp³-hybridized carbons (Fsp3) is 0.375. The van der Waals surface area contributed by atoms with Crippen LogP contribution in [-0.2, 0) is 12.8 Å². The van der Waals surface area contributed by atoms with Crippen LogP contribution in [-0.4, -0.2) is 35.3 Å². The number of para-hydroxylation sites is 1. The van der Waals surface area contributed by atoms with Gasteiger partial charge in [-0.15, -0.1) is 0 Å². The predicted molar refractivity (Wildman–Crippen MR) is 115 cm³/mol. The van der Waals surface area contributed by atoms with Crippen LogP contribution in [0.5, 0.6) is 5.75 Å². The highest BCUT2D eigenvalue weighted by atomic mass is 16.5. The Morgan fingerprint density at radius 1 is 1.31 bits per heavy atom. The van der Waals surface area contributed by atoms with Crippen LogP contribution in [0.15, 0.2) is 42.5 Å². The lowest BCUT2D eigenvalue weighted by atomic mass is 9.87. The molecule has 3 aromatic rings. The van der Waals surface area contributed by atoms with E-state index < -0.39 is 6.10 Å². The van der Waals surface area contributed by atoms with Crippen LogP contribution in [0.25, 0.3) is 10.9 Å². The zero-order valence-corrected chi connectivity index (χ0v) is 17.0. The van der Waals surface area contributed by atoms with Gasteiger partial charge in [-0.25, -0.2) is 0 Å². The number of rotatable bonds is 6. The van der Waals surface area contributed by atoms with Crippen molar-refractivity contribution >= 4 is 16.8 Å². The van der Waals surface area contributed by atoms with Crippen molar-refractivity contribution in [2.24, 2.45) is 5.92 Å². The minimum atomic E-state index is -0.781. The molecule has 5 nitrogen and oxygen atoms in total. The monoisotopic (exact) mass is 392 g/mol. The van der Waals surface area contributed by atoms with E-state index in [1.54, 1.807) is 0 Å². The molecule has 0 saturated heterocycles. The topological polar surface area (TPSA) is 74.3 Å². The van der Waals surface area contributed by atoms with Gasteiger partial charge in [0.2, 0.25) is 0 Å². The van der Waals surface area contributed by atoms with E-state index in [1.807, 2.05) is 43.3 Å². The molecule has 2 atom stereocenters. The van der Waals surface area contributed by atoms with Crippen LogP contribution >= 0.6 is 0 Å². The van der Waals surface area contributed by atoms with Gasteiger partial charge in [0.05, 0.1) is 11.1 Å². The molecule has 0 saturated carbocycles. The van der Waals surface area contributed by atoms with E-state index in [2.05, 4.69) is 23.3 Å². The fourth-order valence-corrected chi connectivity index (χ4v) is 4.07. The summed E-state index contributed by atoms with van der Waals surface area (Å²) in [6, 6.07) is 13.5. The number of H-pyrrole nitrogens is 1. The normalized spacial score (nSPS) is 17.0. The largest absolute Gasteiger partial charge is 0.491 e. The second kappa shape index (κ2) is 8.29. The van der Waals surface area contributed by atoms with Gasteiger partial charge in [0.25, 0.3) is 5.91 Å². The molecule has 2 unspecified atom stereocenters. The maximum Gasteiger partial charge on any atom is 0.253 e. The number of aromatic amines is 1. The van der Waals surface area contributed by atoms with Crippen molar-refractivity contribution in [2.45, 2.75) is 39.2 Å². The quantitative estimate of drug-likeness (QED) is 0.598. The zero-order chi connectivity index (χ0) is 20.4. The number of nitrogens with one attached hydrogen (secondary N) is 2. The summed E-state index contributed by atoms with van der Waals surface area (Å²) in [5, 5.41) is 14.2. The van der Waals surface area contributed by atoms with Crippen LogP contribution in [0.2, 0.25) is 0 Å². The van der Waals surface area contributed by atoms with Gasteiger partial charge in [0.1, 0.15) is 18.5 Å². The van der Waals surface area contributed by atoms with E-state index in [1.165, 1.54) is 17.7 Å². The van der Waals surface area contributed by atoms with Crippen molar-refractivity contribution in [2.75, 3.05) is 13.2 Å². The van der Waals surface area contributed by atoms with Gasteiger partial charge in [0, 0.05) is 17.6 Å². The molecule has 0 fully saturated rings. The average Bonchev–Trinajstić information content (AvgIpc) is 3.08. The number of carbonyl (C=O) groups excluding carboxylic acids is 1. The van der Waals surface area contributed by atoms with Gasteiger partial charge >= 0.3 is 0 Å². The number of aromatic nitrogens is 1. The molecule has 0 bridgehead atoms. The van der Waals surface area contributed by atoms with E-state index in [9.17, 15) is 9.90 Å². The highest BCUT2D eigenvalue weighted by Crippen LogP contribution is 2.32. The first-order chi connectivity index (χ1) is 14.0. The van der Waals surface area contributed by atoms with E-state index in [-0.39, 0.29) is 19.1 Å². The van der Waals surface area contributed by atoms with Crippen molar-refractivity contribution in [3.63, 3.8) is 0 Å². The highest BCUT2D eigenvalue weighted by Gasteiger charge is 2.22. The standard InChI is InChI=1S/C24H28N2O3/c1-15-5-3-6-18(11-15)29-14-17(27)13-25-24(28)20-8-4-7-19-21-12-16(2)9-10-22(21)26-23(19)20/h3-8,11,16-17,26-27H,9-10,12-14H2,1-2H3,(H,25,28). The first-order valence-corrected chi connectivity index (χ1v) is 10.3. The maximum atomic E-state index is 12.8. The second-order valence-corrected chi connectivity index (χ2v) is 8.15.